The second-order valence-corrected chi connectivity index (χ2v) is 7.67. The maximum Gasteiger partial charge on any atom is 0.223 e. The first-order valence-electron chi connectivity index (χ1n) is 8.10. The number of amides is 1. The van der Waals surface area contributed by atoms with Gasteiger partial charge in [0.1, 0.15) is 5.60 Å². The van der Waals surface area contributed by atoms with Gasteiger partial charge in [-0.25, -0.2) is 4.98 Å². The highest BCUT2D eigenvalue weighted by atomic mass is 32.1. The van der Waals surface area contributed by atoms with Crippen molar-refractivity contribution in [3.8, 4) is 0 Å². The van der Waals surface area contributed by atoms with Crippen LogP contribution in [-0.2, 0) is 28.3 Å². The zero-order valence-corrected chi connectivity index (χ0v) is 14.6. The van der Waals surface area contributed by atoms with Crippen LogP contribution in [0.5, 0.6) is 0 Å². The molecule has 0 saturated carbocycles. The highest BCUT2D eigenvalue weighted by Crippen LogP contribution is 2.45. The van der Waals surface area contributed by atoms with Crippen molar-refractivity contribution in [3.63, 3.8) is 0 Å². The molecule has 2 aliphatic heterocycles. The molecule has 1 unspecified atom stereocenters. The zero-order valence-electron chi connectivity index (χ0n) is 13.8. The largest absolute Gasteiger partial charge is 0.363 e. The number of carbonyl (C=O) groups is 1. The summed E-state index contributed by atoms with van der Waals surface area (Å²) in [5.41, 5.74) is 2.08. The number of anilines is 1. The van der Waals surface area contributed by atoms with E-state index in [1.165, 1.54) is 23.8 Å². The summed E-state index contributed by atoms with van der Waals surface area (Å²) in [7, 11) is 0. The summed E-state index contributed by atoms with van der Waals surface area (Å²) in [4.78, 5) is 23.4. The van der Waals surface area contributed by atoms with Crippen LogP contribution in [0.4, 0.5) is 5.13 Å². The average Bonchev–Trinajstić information content (AvgIpc) is 3.21. The third-order valence-corrected chi connectivity index (χ3v) is 5.67. The molecule has 1 saturated heterocycles. The van der Waals surface area contributed by atoms with E-state index in [1.54, 1.807) is 0 Å². The van der Waals surface area contributed by atoms with Gasteiger partial charge >= 0.3 is 0 Å². The lowest BCUT2D eigenvalue weighted by Gasteiger charge is -2.24. The first kappa shape index (κ1) is 15.7. The molecule has 126 valence electrons. The van der Waals surface area contributed by atoms with E-state index in [9.17, 15) is 4.79 Å². The third-order valence-electron chi connectivity index (χ3n) is 4.77. The van der Waals surface area contributed by atoms with Crippen LogP contribution in [0.25, 0.3) is 0 Å². The molecule has 0 radical (unpaired) electrons. The molecule has 1 amide bonds. The zero-order chi connectivity index (χ0) is 16.7. The van der Waals surface area contributed by atoms with Crippen LogP contribution in [-0.4, -0.2) is 33.4 Å². The van der Waals surface area contributed by atoms with E-state index < -0.39 is 0 Å². The molecule has 0 bridgehead atoms. The summed E-state index contributed by atoms with van der Waals surface area (Å²) in [6, 6.07) is 4.56. The predicted octanol–water partition coefficient (Wildman–Crippen LogP) is 2.52. The van der Waals surface area contributed by atoms with Gasteiger partial charge < -0.3 is 10.1 Å². The summed E-state index contributed by atoms with van der Waals surface area (Å²) in [5, 5.41) is 3.40. The molecule has 2 atom stereocenters. The Morgan fingerprint density at radius 1 is 1.54 bits per heavy atom. The van der Waals surface area contributed by atoms with E-state index in [0.717, 1.165) is 30.1 Å². The van der Waals surface area contributed by atoms with E-state index in [1.807, 2.05) is 18.5 Å². The Bertz CT molecular complexity index is 777. The average molecular weight is 344 g/mol. The number of pyridine rings is 1. The number of rotatable bonds is 3. The van der Waals surface area contributed by atoms with Gasteiger partial charge in [-0.1, -0.05) is 6.07 Å². The van der Waals surface area contributed by atoms with E-state index in [2.05, 4.69) is 33.2 Å². The van der Waals surface area contributed by atoms with Crippen LogP contribution in [0.2, 0.25) is 0 Å². The molecule has 1 fully saturated rings. The molecule has 4 heterocycles. The fourth-order valence-electron chi connectivity index (χ4n) is 3.71. The number of nitrogens with zero attached hydrogens (tertiary/aromatic N) is 3. The van der Waals surface area contributed by atoms with Crippen molar-refractivity contribution in [2.24, 2.45) is 0 Å². The first-order valence-corrected chi connectivity index (χ1v) is 8.92. The van der Waals surface area contributed by atoms with E-state index in [0.29, 0.717) is 17.8 Å². The van der Waals surface area contributed by atoms with Crippen LogP contribution in [0, 0.1) is 0 Å². The first-order chi connectivity index (χ1) is 11.6. The summed E-state index contributed by atoms with van der Waals surface area (Å²) in [6.07, 6.45) is 4.65. The Morgan fingerprint density at radius 2 is 2.42 bits per heavy atom. The third kappa shape index (κ3) is 2.72. The van der Waals surface area contributed by atoms with Crippen molar-refractivity contribution in [2.75, 3.05) is 11.9 Å². The molecule has 6 nitrogen and oxygen atoms in total. The number of hydrogen-bond acceptors (Lipinski definition) is 6. The Morgan fingerprint density at radius 3 is 3.25 bits per heavy atom. The number of ether oxygens (including phenoxy) is 1. The fraction of sp³-hybridized carbons (Fsp3) is 0.471. The molecule has 24 heavy (non-hydrogen) atoms. The smallest absolute Gasteiger partial charge is 0.223 e. The number of nitrogens with one attached hydrogen (secondary N) is 1. The normalized spacial score (nSPS) is 26.0. The number of hydrogen-bond donors (Lipinski definition) is 1. The summed E-state index contributed by atoms with van der Waals surface area (Å²) >= 11 is 1.53. The monoisotopic (exact) mass is 344 g/mol. The van der Waals surface area contributed by atoms with Crippen molar-refractivity contribution >= 4 is 22.4 Å². The van der Waals surface area contributed by atoms with Crippen molar-refractivity contribution in [3.05, 3.63) is 40.7 Å². The van der Waals surface area contributed by atoms with Crippen LogP contribution in [0.15, 0.2) is 24.5 Å². The van der Waals surface area contributed by atoms with Crippen molar-refractivity contribution in [2.45, 2.75) is 45.1 Å². The molecule has 1 spiro atoms. The fourth-order valence-corrected chi connectivity index (χ4v) is 4.59. The lowest BCUT2D eigenvalue weighted by Crippen LogP contribution is -2.31. The molecule has 0 aliphatic carbocycles. The molecule has 7 heteroatoms. The van der Waals surface area contributed by atoms with Gasteiger partial charge in [-0.15, -0.1) is 11.3 Å². The Kier molecular flexibility index (Phi) is 3.86. The Labute approximate surface area is 144 Å². The quantitative estimate of drug-likeness (QED) is 0.927. The van der Waals surface area contributed by atoms with E-state index >= 15 is 0 Å². The minimum atomic E-state index is -0.228. The minimum absolute atomic E-state index is 0.0899. The van der Waals surface area contributed by atoms with Gasteiger partial charge in [0.15, 0.2) is 5.13 Å². The van der Waals surface area contributed by atoms with Crippen LogP contribution < -0.4 is 5.32 Å². The molecule has 2 aromatic rings. The van der Waals surface area contributed by atoms with Gasteiger partial charge in [-0.3, -0.25) is 14.7 Å². The van der Waals surface area contributed by atoms with Gasteiger partial charge in [-0.05, 0) is 19.4 Å². The maximum absolute atomic E-state index is 11.1. The molecule has 2 aliphatic rings. The number of aromatic nitrogens is 2. The Hall–Kier alpha value is -1.83. The lowest BCUT2D eigenvalue weighted by molar-refractivity contribution is -0.114. The molecule has 1 N–H and O–H groups in total. The molecule has 4 rings (SSSR count). The highest BCUT2D eigenvalue weighted by Gasteiger charge is 2.48. The number of thiazole rings is 1. The second-order valence-electron chi connectivity index (χ2n) is 6.55. The SMILES string of the molecule is CC(=O)Nc1ncc(CN2CC3(C[C@@H]2C)OCc2ncccc23)s1. The van der Waals surface area contributed by atoms with Crippen LogP contribution in [0.3, 0.4) is 0 Å². The number of likely N-dealkylation sites (tertiary alicyclic amines) is 1. The summed E-state index contributed by atoms with van der Waals surface area (Å²) in [5.74, 6) is -0.0899. The summed E-state index contributed by atoms with van der Waals surface area (Å²) < 4.78 is 6.19. The van der Waals surface area contributed by atoms with Gasteiger partial charge in [0.25, 0.3) is 0 Å². The maximum atomic E-state index is 11.1. The van der Waals surface area contributed by atoms with Gasteiger partial charge in [0.2, 0.25) is 5.91 Å². The standard InChI is InChI=1S/C17H20N4O2S/c1-11-6-17(14-4-3-5-18-15(14)9-23-17)10-21(11)8-13-7-19-16(24-13)20-12(2)22/h3-5,7,11H,6,8-10H2,1-2H3,(H,19,20,22)/t11-,17?/m0/s1. The van der Waals surface area contributed by atoms with Crippen molar-refractivity contribution in [1.82, 2.24) is 14.9 Å². The van der Waals surface area contributed by atoms with Crippen LogP contribution >= 0.6 is 11.3 Å². The van der Waals surface area contributed by atoms with Crippen LogP contribution in [0.1, 0.15) is 36.4 Å². The van der Waals surface area contributed by atoms with Gasteiger partial charge in [0, 0.05) is 48.9 Å². The van der Waals surface area contributed by atoms with E-state index in [4.69, 9.17) is 4.74 Å². The van der Waals surface area contributed by atoms with E-state index in [-0.39, 0.29) is 11.5 Å². The minimum Gasteiger partial charge on any atom is -0.363 e. The topological polar surface area (TPSA) is 67.4 Å². The molecular weight excluding hydrogens is 324 g/mol. The number of fused-ring (bicyclic) bond motifs is 2. The highest BCUT2D eigenvalue weighted by molar-refractivity contribution is 7.15. The van der Waals surface area contributed by atoms with Gasteiger partial charge in [0.05, 0.1) is 12.3 Å². The molecule has 2 aromatic heterocycles. The lowest BCUT2D eigenvalue weighted by atomic mass is 9.92. The summed E-state index contributed by atoms with van der Waals surface area (Å²) in [6.45, 7) is 6.02. The van der Waals surface area contributed by atoms with Crippen molar-refractivity contribution < 1.29 is 9.53 Å². The molecular formula is C17H20N4O2S. The van der Waals surface area contributed by atoms with Gasteiger partial charge in [-0.2, -0.15) is 0 Å². The second kappa shape index (κ2) is 5.91. The van der Waals surface area contributed by atoms with Crippen molar-refractivity contribution in [1.29, 1.82) is 0 Å². The number of carbonyl (C=O) groups excluding carboxylic acids is 1. The predicted molar refractivity (Wildman–Crippen MR) is 91.6 cm³/mol. The Balaban J connectivity index is 1.50. The molecule has 0 aromatic carbocycles.